The van der Waals surface area contributed by atoms with Gasteiger partial charge in [-0.05, 0) is 103 Å². The van der Waals surface area contributed by atoms with Gasteiger partial charge in [0.05, 0.1) is 0 Å². The highest BCUT2D eigenvalue weighted by Crippen LogP contribution is 2.17. The first-order valence-electron chi connectivity index (χ1n) is 20.9. The lowest BCUT2D eigenvalue weighted by Crippen LogP contribution is -2.30. The van der Waals surface area contributed by atoms with Crippen LogP contribution in [0.1, 0.15) is 206 Å². The third-order valence-electron chi connectivity index (χ3n) is 9.52. The molecule has 0 amide bonds. The molecule has 1 aliphatic rings. The zero-order chi connectivity index (χ0) is 33.6. The van der Waals surface area contributed by atoms with Crippen LogP contribution in [0.25, 0.3) is 0 Å². The van der Waals surface area contributed by atoms with Gasteiger partial charge in [0.25, 0.3) is 0 Å². The Hall–Kier alpha value is -1.67. The fourth-order valence-electron chi connectivity index (χ4n) is 6.42. The molecule has 1 heterocycles. The molecule has 270 valence electrons. The fourth-order valence-corrected chi connectivity index (χ4v) is 6.42. The van der Waals surface area contributed by atoms with E-state index in [1.54, 1.807) is 0 Å². The van der Waals surface area contributed by atoms with Crippen molar-refractivity contribution >= 4 is 6.21 Å². The predicted molar refractivity (Wildman–Crippen MR) is 215 cm³/mol. The van der Waals surface area contributed by atoms with Gasteiger partial charge in [-0.25, -0.2) is 0 Å². The first kappa shape index (κ1) is 43.4. The average molecular weight is 649 g/mol. The van der Waals surface area contributed by atoms with E-state index in [-0.39, 0.29) is 0 Å². The normalized spacial score (nSPS) is 13.6. The summed E-state index contributed by atoms with van der Waals surface area (Å²) in [5.41, 5.74) is 1.31. The van der Waals surface area contributed by atoms with Crippen LogP contribution in [-0.2, 0) is 0 Å². The summed E-state index contributed by atoms with van der Waals surface area (Å²) < 4.78 is 0. The molecule has 0 aromatic heterocycles. The van der Waals surface area contributed by atoms with E-state index in [0.29, 0.717) is 0 Å². The van der Waals surface area contributed by atoms with Crippen LogP contribution in [-0.4, -0.2) is 18.8 Å². The van der Waals surface area contributed by atoms with Gasteiger partial charge in [-0.2, -0.15) is 0 Å². The molecular weight excluding hydrogens is 569 g/mol. The summed E-state index contributed by atoms with van der Waals surface area (Å²) in [6.45, 7) is 5.72. The molecule has 0 bridgehead atoms. The van der Waals surface area contributed by atoms with Gasteiger partial charge in [0.2, 0.25) is 0 Å². The van der Waals surface area contributed by atoms with E-state index in [1.807, 2.05) is 6.21 Å². The lowest BCUT2D eigenvalue weighted by atomic mass is 9.99. The minimum absolute atomic E-state index is 0.718. The lowest BCUT2D eigenvalue weighted by molar-refractivity contribution is 0.407. The van der Waals surface area contributed by atoms with E-state index in [2.05, 4.69) is 78.8 Å². The number of aliphatic imine (C=N–C) groups is 1. The maximum atomic E-state index is 4.49. The van der Waals surface area contributed by atoms with Crippen LogP contribution in [0.2, 0.25) is 0 Å². The number of nitrogens with one attached hydrogen (secondary N) is 1. The van der Waals surface area contributed by atoms with E-state index in [9.17, 15) is 0 Å². The molecule has 1 N–H and O–H groups in total. The van der Waals surface area contributed by atoms with Gasteiger partial charge >= 0.3 is 0 Å². The molecule has 1 aliphatic heterocycles. The van der Waals surface area contributed by atoms with Crippen molar-refractivity contribution in [2.75, 3.05) is 6.54 Å². The summed E-state index contributed by atoms with van der Waals surface area (Å²) in [4.78, 5) is 4.49. The number of unbranched alkanes of at least 4 members (excludes halogenated alkanes) is 19. The molecule has 0 radical (unpaired) electrons. The third kappa shape index (κ3) is 32.6. The number of nitrogens with zero attached hydrogens (tertiary/aromatic N) is 1. The van der Waals surface area contributed by atoms with Gasteiger partial charge in [0.1, 0.15) is 0 Å². The van der Waals surface area contributed by atoms with Gasteiger partial charge in [0.15, 0.2) is 0 Å². The zero-order valence-corrected chi connectivity index (χ0v) is 31.7. The highest BCUT2D eigenvalue weighted by atomic mass is 14.9. The lowest BCUT2D eigenvalue weighted by Gasteiger charge is -2.19. The van der Waals surface area contributed by atoms with E-state index in [4.69, 9.17) is 0 Å². The van der Waals surface area contributed by atoms with E-state index >= 15 is 0 Å². The highest BCUT2D eigenvalue weighted by Gasteiger charge is 2.08. The molecule has 1 rings (SSSR count). The Morgan fingerprint density at radius 2 is 0.979 bits per heavy atom. The standard InChI is InChI=1S/C45H80N2/c1-3-5-7-9-11-13-15-17-19-21-23-25-27-29-31-33-38-44(46-42-36-35-40-45-41-37-43-47-45)39-34-32-30-28-26-24-22-20-18-16-14-12-10-8-6-4-2/h11-14,17-20,41,43-44,46H,3-10,15-16,21-40,42H2,1-2H3/b13-11-,14-12-,19-17-,20-18-. The molecule has 0 saturated heterocycles. The topological polar surface area (TPSA) is 24.4 Å². The molecular formula is C45H80N2. The van der Waals surface area contributed by atoms with E-state index in [1.165, 1.54) is 179 Å². The molecule has 0 aliphatic carbocycles. The van der Waals surface area contributed by atoms with Gasteiger partial charge in [-0.3, -0.25) is 4.99 Å². The van der Waals surface area contributed by atoms with E-state index < -0.39 is 0 Å². The maximum Gasteiger partial charge on any atom is 0.0363 e. The van der Waals surface area contributed by atoms with E-state index in [0.717, 1.165) is 31.7 Å². The average Bonchev–Trinajstić information content (AvgIpc) is 3.61. The highest BCUT2D eigenvalue weighted by molar-refractivity contribution is 5.64. The number of hydrogen-bond donors (Lipinski definition) is 1. The summed E-state index contributed by atoms with van der Waals surface area (Å²) in [6, 6.07) is 0.718. The molecule has 47 heavy (non-hydrogen) atoms. The minimum Gasteiger partial charge on any atom is -0.314 e. The first-order valence-corrected chi connectivity index (χ1v) is 20.9. The Morgan fingerprint density at radius 3 is 1.43 bits per heavy atom. The van der Waals surface area contributed by atoms with Crippen molar-refractivity contribution in [3.8, 4) is 0 Å². The largest absolute Gasteiger partial charge is 0.314 e. The first-order chi connectivity index (χ1) is 23.4. The Labute approximate surface area is 295 Å². The molecule has 0 spiro atoms. The van der Waals surface area contributed by atoms with Crippen LogP contribution < -0.4 is 5.32 Å². The Balaban J connectivity index is 2.09. The number of hydrogen-bond acceptors (Lipinski definition) is 2. The zero-order valence-electron chi connectivity index (χ0n) is 31.7. The third-order valence-corrected chi connectivity index (χ3v) is 9.52. The predicted octanol–water partition coefficient (Wildman–Crippen LogP) is 14.9. The van der Waals surface area contributed by atoms with Crippen molar-refractivity contribution in [2.24, 2.45) is 4.99 Å². The van der Waals surface area contributed by atoms with Crippen molar-refractivity contribution in [3.63, 3.8) is 0 Å². The fraction of sp³-hybridized carbons (Fsp3) is 0.756. The van der Waals surface area contributed by atoms with Crippen LogP contribution in [0.15, 0.2) is 65.4 Å². The molecule has 0 aromatic rings. The van der Waals surface area contributed by atoms with Crippen molar-refractivity contribution in [3.05, 3.63) is 60.4 Å². The van der Waals surface area contributed by atoms with Crippen molar-refractivity contribution in [1.82, 2.24) is 5.32 Å². The summed E-state index contributed by atoms with van der Waals surface area (Å²) in [7, 11) is 0. The molecule has 0 fully saturated rings. The van der Waals surface area contributed by atoms with Crippen molar-refractivity contribution in [2.45, 2.75) is 213 Å². The smallest absolute Gasteiger partial charge is 0.0363 e. The second kappa shape index (κ2) is 37.2. The second-order valence-corrected chi connectivity index (χ2v) is 14.1. The van der Waals surface area contributed by atoms with Gasteiger partial charge < -0.3 is 5.32 Å². The number of rotatable bonds is 36. The summed E-state index contributed by atoms with van der Waals surface area (Å²) in [5, 5.41) is 3.97. The molecule has 2 nitrogen and oxygen atoms in total. The molecule has 0 saturated carbocycles. The molecule has 0 atom stereocenters. The van der Waals surface area contributed by atoms with Crippen LogP contribution >= 0.6 is 0 Å². The molecule has 0 unspecified atom stereocenters. The van der Waals surface area contributed by atoms with Crippen molar-refractivity contribution in [1.29, 1.82) is 0 Å². The Morgan fingerprint density at radius 1 is 0.532 bits per heavy atom. The second-order valence-electron chi connectivity index (χ2n) is 14.1. The van der Waals surface area contributed by atoms with Crippen molar-refractivity contribution < 1.29 is 0 Å². The Kier molecular flexibility index (Phi) is 34.3. The molecule has 0 aromatic carbocycles. The minimum atomic E-state index is 0.718. The summed E-state index contributed by atoms with van der Waals surface area (Å²) in [5.74, 6) is 0. The quantitative estimate of drug-likeness (QED) is 0.0530. The maximum absolute atomic E-state index is 4.49. The van der Waals surface area contributed by atoms with Gasteiger partial charge in [-0.15, -0.1) is 0 Å². The van der Waals surface area contributed by atoms with Crippen LogP contribution in [0.4, 0.5) is 0 Å². The SMILES string of the molecule is CCCCC/C=C\C/C=C\CCCCCCCCC(CCCCCCCC/C=C\C/C=C\CCCCC)NCCCCC1=CCC=N1. The van der Waals surface area contributed by atoms with Gasteiger partial charge in [-0.1, -0.05) is 158 Å². The van der Waals surface area contributed by atoms with Crippen LogP contribution in [0.3, 0.4) is 0 Å². The van der Waals surface area contributed by atoms with Crippen LogP contribution in [0.5, 0.6) is 0 Å². The van der Waals surface area contributed by atoms with Gasteiger partial charge in [0, 0.05) is 24.4 Å². The number of allylic oxidation sites excluding steroid dienone is 10. The van der Waals surface area contributed by atoms with Crippen LogP contribution in [0, 0.1) is 0 Å². The monoisotopic (exact) mass is 649 g/mol. The summed E-state index contributed by atoms with van der Waals surface area (Å²) >= 11 is 0. The summed E-state index contributed by atoms with van der Waals surface area (Å²) in [6.07, 6.45) is 62.8. The Bertz CT molecular complexity index is 766. The molecule has 2 heteroatoms.